The van der Waals surface area contributed by atoms with Crippen LogP contribution < -0.4 is 10.6 Å². The lowest BCUT2D eigenvalue weighted by atomic mass is 10.1. The van der Waals surface area contributed by atoms with E-state index in [2.05, 4.69) is 25.2 Å². The maximum Gasteiger partial charge on any atom is 0.270 e. The normalized spacial score (nSPS) is 15.0. The van der Waals surface area contributed by atoms with Crippen LogP contribution in [0, 0.1) is 5.82 Å². The van der Waals surface area contributed by atoms with Crippen molar-refractivity contribution >= 4 is 17.2 Å². The molecule has 2 aromatic heterocycles. The second-order valence-corrected chi connectivity index (χ2v) is 8.36. The molecule has 1 aliphatic heterocycles. The number of carbonyl (C=O) groups is 1. The van der Waals surface area contributed by atoms with Crippen LogP contribution in [-0.4, -0.2) is 39.6 Å². The van der Waals surface area contributed by atoms with Gasteiger partial charge in [-0.3, -0.25) is 4.79 Å². The number of nitrogens with zero attached hydrogens (tertiary/aromatic N) is 3. The molecule has 29 heavy (non-hydrogen) atoms. The minimum absolute atomic E-state index is 0.0442. The molecule has 1 amide bonds. The monoisotopic (exact) mass is 413 g/mol. The summed E-state index contributed by atoms with van der Waals surface area (Å²) in [6, 6.07) is 6.69. The number of benzene rings is 1. The molecule has 0 saturated carbocycles. The smallest absolute Gasteiger partial charge is 0.270 e. The number of amides is 1. The molecule has 0 radical (unpaired) electrons. The molecule has 0 unspecified atom stereocenters. The lowest BCUT2D eigenvalue weighted by Crippen LogP contribution is -2.30. The minimum atomic E-state index is -0.282. The van der Waals surface area contributed by atoms with Crippen LogP contribution in [0.5, 0.6) is 0 Å². The molecule has 3 aromatic rings. The first-order valence-corrected chi connectivity index (χ1v) is 10.7. The highest BCUT2D eigenvalue weighted by Crippen LogP contribution is 2.36. The van der Waals surface area contributed by atoms with Gasteiger partial charge in [0.2, 0.25) is 0 Å². The van der Waals surface area contributed by atoms with Crippen molar-refractivity contribution < 1.29 is 9.18 Å². The van der Waals surface area contributed by atoms with Gasteiger partial charge in [0, 0.05) is 23.0 Å². The van der Waals surface area contributed by atoms with E-state index in [-0.39, 0.29) is 17.8 Å². The van der Waals surface area contributed by atoms with Gasteiger partial charge < -0.3 is 15.2 Å². The molecule has 1 fully saturated rings. The SMILES string of the molecule is CC(C)NC(=O)c1csc(-c2c(-c3ccc(F)cc3)ncn2C2CCNCC2)n1. The molecule has 1 aliphatic rings. The van der Waals surface area contributed by atoms with Crippen molar-refractivity contribution in [3.63, 3.8) is 0 Å². The van der Waals surface area contributed by atoms with Gasteiger partial charge >= 0.3 is 0 Å². The second-order valence-electron chi connectivity index (χ2n) is 7.50. The van der Waals surface area contributed by atoms with Crippen molar-refractivity contribution in [1.82, 2.24) is 25.2 Å². The highest BCUT2D eigenvalue weighted by molar-refractivity contribution is 7.13. The fraction of sp³-hybridized carbons (Fsp3) is 0.381. The zero-order valence-corrected chi connectivity index (χ0v) is 17.3. The molecule has 0 bridgehead atoms. The minimum Gasteiger partial charge on any atom is -0.349 e. The third-order valence-electron chi connectivity index (χ3n) is 4.97. The van der Waals surface area contributed by atoms with Crippen LogP contribution in [0.3, 0.4) is 0 Å². The van der Waals surface area contributed by atoms with Crippen molar-refractivity contribution in [3.05, 3.63) is 47.5 Å². The van der Waals surface area contributed by atoms with Crippen molar-refractivity contribution in [2.24, 2.45) is 0 Å². The molecule has 152 valence electrons. The summed E-state index contributed by atoms with van der Waals surface area (Å²) in [7, 11) is 0. The number of aromatic nitrogens is 3. The number of thiazole rings is 1. The summed E-state index contributed by atoms with van der Waals surface area (Å²) in [6.07, 6.45) is 3.84. The number of halogens is 1. The van der Waals surface area contributed by atoms with Gasteiger partial charge in [-0.25, -0.2) is 14.4 Å². The molecule has 2 N–H and O–H groups in total. The average Bonchev–Trinajstić information content (AvgIpc) is 3.36. The number of imidazole rings is 1. The number of hydrogen-bond acceptors (Lipinski definition) is 5. The molecule has 1 saturated heterocycles. The molecule has 6 nitrogen and oxygen atoms in total. The maximum atomic E-state index is 13.4. The van der Waals surface area contributed by atoms with Crippen molar-refractivity contribution in [3.8, 4) is 22.0 Å². The first-order chi connectivity index (χ1) is 14.0. The Morgan fingerprint density at radius 2 is 2.00 bits per heavy atom. The van der Waals surface area contributed by atoms with Crippen molar-refractivity contribution in [1.29, 1.82) is 0 Å². The number of nitrogens with one attached hydrogen (secondary N) is 2. The molecular formula is C21H24FN5OS. The molecular weight excluding hydrogens is 389 g/mol. The Kier molecular flexibility index (Phi) is 5.73. The highest BCUT2D eigenvalue weighted by atomic mass is 32.1. The lowest BCUT2D eigenvalue weighted by Gasteiger charge is -2.25. The quantitative estimate of drug-likeness (QED) is 0.666. The van der Waals surface area contributed by atoms with Crippen LogP contribution in [0.15, 0.2) is 36.0 Å². The van der Waals surface area contributed by atoms with Gasteiger partial charge in [0.05, 0.1) is 12.0 Å². The van der Waals surface area contributed by atoms with E-state index < -0.39 is 0 Å². The van der Waals surface area contributed by atoms with E-state index in [1.807, 2.05) is 20.2 Å². The fourth-order valence-electron chi connectivity index (χ4n) is 3.58. The van der Waals surface area contributed by atoms with E-state index in [1.54, 1.807) is 17.5 Å². The van der Waals surface area contributed by atoms with E-state index in [0.717, 1.165) is 47.9 Å². The van der Waals surface area contributed by atoms with Crippen LogP contribution >= 0.6 is 11.3 Å². The van der Waals surface area contributed by atoms with Crippen LogP contribution in [0.2, 0.25) is 0 Å². The molecule has 4 rings (SSSR count). The lowest BCUT2D eigenvalue weighted by molar-refractivity contribution is 0.0939. The number of hydrogen-bond donors (Lipinski definition) is 2. The first-order valence-electron chi connectivity index (χ1n) is 9.83. The standard InChI is InChI=1S/C21H24FN5OS/c1-13(2)25-20(28)17-11-29-21(26-17)19-18(14-3-5-15(22)6-4-14)24-12-27(19)16-7-9-23-10-8-16/h3-6,11-13,16,23H,7-10H2,1-2H3,(H,25,28). The Bertz CT molecular complexity index is 989. The summed E-state index contributed by atoms with van der Waals surface area (Å²) in [5.41, 5.74) is 2.88. The van der Waals surface area contributed by atoms with E-state index >= 15 is 0 Å². The molecule has 0 atom stereocenters. The van der Waals surface area contributed by atoms with Crippen LogP contribution in [-0.2, 0) is 0 Å². The van der Waals surface area contributed by atoms with Gasteiger partial charge in [-0.1, -0.05) is 0 Å². The largest absolute Gasteiger partial charge is 0.349 e. The molecule has 0 spiro atoms. The summed E-state index contributed by atoms with van der Waals surface area (Å²) in [6.45, 7) is 5.75. The summed E-state index contributed by atoms with van der Waals surface area (Å²) in [5, 5.41) is 8.79. The Labute approximate surface area is 173 Å². The van der Waals surface area contributed by atoms with Crippen LogP contribution in [0.25, 0.3) is 22.0 Å². The third-order valence-corrected chi connectivity index (χ3v) is 5.82. The fourth-order valence-corrected chi connectivity index (χ4v) is 4.42. The number of carbonyl (C=O) groups excluding carboxylic acids is 1. The van der Waals surface area contributed by atoms with Gasteiger partial charge in [0.25, 0.3) is 5.91 Å². The zero-order valence-electron chi connectivity index (χ0n) is 16.5. The molecule has 3 heterocycles. The van der Waals surface area contributed by atoms with E-state index in [4.69, 9.17) is 0 Å². The highest BCUT2D eigenvalue weighted by Gasteiger charge is 2.25. The van der Waals surface area contributed by atoms with Gasteiger partial charge in [-0.15, -0.1) is 11.3 Å². The van der Waals surface area contributed by atoms with E-state index in [1.165, 1.54) is 23.5 Å². The number of rotatable bonds is 5. The second kappa shape index (κ2) is 8.42. The maximum absolute atomic E-state index is 13.4. The van der Waals surface area contributed by atoms with Crippen molar-refractivity contribution in [2.45, 2.75) is 38.8 Å². The summed E-state index contributed by atoms with van der Waals surface area (Å²) in [4.78, 5) is 21.7. The Morgan fingerprint density at radius 3 is 2.69 bits per heavy atom. The molecule has 1 aromatic carbocycles. The Hall–Kier alpha value is -2.58. The van der Waals surface area contributed by atoms with Gasteiger partial charge in [-0.2, -0.15) is 0 Å². The predicted molar refractivity (Wildman–Crippen MR) is 112 cm³/mol. The van der Waals surface area contributed by atoms with Crippen LogP contribution in [0.4, 0.5) is 4.39 Å². The summed E-state index contributed by atoms with van der Waals surface area (Å²) < 4.78 is 15.6. The third kappa shape index (κ3) is 4.23. The van der Waals surface area contributed by atoms with E-state index in [9.17, 15) is 9.18 Å². The first kappa shape index (κ1) is 19.7. The van der Waals surface area contributed by atoms with Gasteiger partial charge in [-0.05, 0) is 64.0 Å². The van der Waals surface area contributed by atoms with Crippen LogP contribution in [0.1, 0.15) is 43.2 Å². The number of piperidine rings is 1. The zero-order chi connectivity index (χ0) is 20.4. The molecule has 8 heteroatoms. The average molecular weight is 414 g/mol. The van der Waals surface area contributed by atoms with Crippen molar-refractivity contribution in [2.75, 3.05) is 13.1 Å². The van der Waals surface area contributed by atoms with Gasteiger partial charge in [0.15, 0.2) is 0 Å². The van der Waals surface area contributed by atoms with Gasteiger partial charge in [0.1, 0.15) is 22.2 Å². The topological polar surface area (TPSA) is 71.8 Å². The Morgan fingerprint density at radius 1 is 1.28 bits per heavy atom. The van der Waals surface area contributed by atoms with E-state index in [0.29, 0.717) is 11.7 Å². The summed E-state index contributed by atoms with van der Waals surface area (Å²) in [5.74, 6) is -0.464. The summed E-state index contributed by atoms with van der Waals surface area (Å²) >= 11 is 1.43. The predicted octanol–water partition coefficient (Wildman–Crippen LogP) is 3.88. The Balaban J connectivity index is 1.77. The molecule has 0 aliphatic carbocycles.